The number of carboxylic acids is 1. The van der Waals surface area contributed by atoms with Gasteiger partial charge in [0.1, 0.15) is 11.6 Å². The van der Waals surface area contributed by atoms with E-state index >= 15 is 0 Å². The topological polar surface area (TPSA) is 95.1 Å². The van der Waals surface area contributed by atoms with Crippen LogP contribution in [0.3, 0.4) is 0 Å². The molecule has 6 nitrogen and oxygen atoms in total. The quantitative estimate of drug-likeness (QED) is 0.741. The molecule has 0 saturated carbocycles. The highest BCUT2D eigenvalue weighted by molar-refractivity contribution is 5.68. The summed E-state index contributed by atoms with van der Waals surface area (Å²) in [5.41, 5.74) is -0.244. The highest BCUT2D eigenvalue weighted by atomic mass is 16.4. The fourth-order valence-electron chi connectivity index (χ4n) is 2.08. The second-order valence-corrected chi connectivity index (χ2v) is 6.13. The van der Waals surface area contributed by atoms with E-state index in [0.717, 1.165) is 0 Å². The predicted octanol–water partition coefficient (Wildman–Crippen LogP) is 2.02. The van der Waals surface area contributed by atoms with Crippen molar-refractivity contribution in [2.45, 2.75) is 53.0 Å². The maximum atomic E-state index is 11.5. The van der Waals surface area contributed by atoms with E-state index in [9.17, 15) is 9.59 Å². The van der Waals surface area contributed by atoms with Crippen molar-refractivity contribution in [1.29, 1.82) is 0 Å². The Morgan fingerprint density at radius 1 is 1.50 bits per heavy atom. The fraction of sp³-hybridized carbons (Fsp3) is 0.643. The number of anilines is 1. The molecule has 0 saturated heterocycles. The fourth-order valence-corrected chi connectivity index (χ4v) is 2.08. The zero-order chi connectivity index (χ0) is 15.3. The molecule has 1 atom stereocenters. The Morgan fingerprint density at radius 2 is 2.15 bits per heavy atom. The summed E-state index contributed by atoms with van der Waals surface area (Å²) < 4.78 is 0. The van der Waals surface area contributed by atoms with E-state index in [4.69, 9.17) is 5.11 Å². The molecule has 0 bridgehead atoms. The SMILES string of the molecule is CCc1nc(NC(CC(=O)O)CC(C)(C)C)cc(=O)[nH]1. The summed E-state index contributed by atoms with van der Waals surface area (Å²) in [5, 5.41) is 12.1. The van der Waals surface area contributed by atoms with Crippen molar-refractivity contribution < 1.29 is 9.90 Å². The number of nitrogens with zero attached hydrogens (tertiary/aromatic N) is 1. The second-order valence-electron chi connectivity index (χ2n) is 6.13. The Balaban J connectivity index is 2.91. The Labute approximate surface area is 118 Å². The maximum absolute atomic E-state index is 11.5. The number of rotatable bonds is 6. The van der Waals surface area contributed by atoms with Crippen LogP contribution in [0.2, 0.25) is 0 Å². The van der Waals surface area contributed by atoms with Crippen LogP contribution in [-0.4, -0.2) is 27.1 Å². The van der Waals surface area contributed by atoms with Gasteiger partial charge in [-0.2, -0.15) is 0 Å². The minimum absolute atomic E-state index is 0.00674. The van der Waals surface area contributed by atoms with E-state index in [2.05, 4.69) is 15.3 Å². The number of nitrogens with one attached hydrogen (secondary N) is 2. The molecule has 0 aromatic carbocycles. The lowest BCUT2D eigenvalue weighted by Crippen LogP contribution is -2.29. The molecule has 6 heteroatoms. The molecule has 0 aliphatic rings. The number of carbonyl (C=O) groups is 1. The highest BCUT2D eigenvalue weighted by Gasteiger charge is 2.21. The summed E-state index contributed by atoms with van der Waals surface area (Å²) in [4.78, 5) is 29.4. The molecular formula is C14H23N3O3. The molecule has 0 radical (unpaired) electrons. The number of hydrogen-bond acceptors (Lipinski definition) is 4. The van der Waals surface area contributed by atoms with Gasteiger partial charge in [0.25, 0.3) is 5.56 Å². The standard InChI is InChI=1S/C14H23N3O3/c1-5-10-16-11(7-12(18)17-10)15-9(6-13(19)20)8-14(2,3)4/h7,9H,5-6,8H2,1-4H3,(H,19,20)(H2,15,16,17,18). The molecule has 1 aromatic heterocycles. The zero-order valence-electron chi connectivity index (χ0n) is 12.5. The third-order valence-electron chi connectivity index (χ3n) is 2.76. The molecule has 1 rings (SSSR count). The van der Waals surface area contributed by atoms with Crippen LogP contribution >= 0.6 is 0 Å². The van der Waals surface area contributed by atoms with Gasteiger partial charge in [0.05, 0.1) is 6.42 Å². The molecule has 1 unspecified atom stereocenters. The average molecular weight is 281 g/mol. The maximum Gasteiger partial charge on any atom is 0.305 e. The van der Waals surface area contributed by atoms with Crippen molar-refractivity contribution in [3.05, 3.63) is 22.2 Å². The first-order valence-electron chi connectivity index (χ1n) is 6.78. The number of aryl methyl sites for hydroxylation is 1. The van der Waals surface area contributed by atoms with Crippen LogP contribution in [0.4, 0.5) is 5.82 Å². The highest BCUT2D eigenvalue weighted by Crippen LogP contribution is 2.24. The van der Waals surface area contributed by atoms with Crippen molar-refractivity contribution in [2.24, 2.45) is 5.41 Å². The molecule has 1 aromatic rings. The smallest absolute Gasteiger partial charge is 0.305 e. The van der Waals surface area contributed by atoms with Crippen molar-refractivity contribution in [1.82, 2.24) is 9.97 Å². The lowest BCUT2D eigenvalue weighted by molar-refractivity contribution is -0.137. The number of aromatic amines is 1. The van der Waals surface area contributed by atoms with Gasteiger partial charge < -0.3 is 15.4 Å². The summed E-state index contributed by atoms with van der Waals surface area (Å²) >= 11 is 0. The van der Waals surface area contributed by atoms with Crippen molar-refractivity contribution >= 4 is 11.8 Å². The lowest BCUT2D eigenvalue weighted by atomic mass is 9.87. The van der Waals surface area contributed by atoms with Crippen LogP contribution in [0.5, 0.6) is 0 Å². The van der Waals surface area contributed by atoms with Gasteiger partial charge in [-0.1, -0.05) is 27.7 Å². The van der Waals surface area contributed by atoms with Crippen LogP contribution in [0.15, 0.2) is 10.9 Å². The third kappa shape index (κ3) is 5.86. The minimum Gasteiger partial charge on any atom is -0.481 e. The first kappa shape index (κ1) is 16.2. The number of H-pyrrole nitrogens is 1. The van der Waals surface area contributed by atoms with Gasteiger partial charge in [0.15, 0.2) is 0 Å². The zero-order valence-corrected chi connectivity index (χ0v) is 12.5. The molecule has 20 heavy (non-hydrogen) atoms. The lowest BCUT2D eigenvalue weighted by Gasteiger charge is -2.26. The molecule has 0 fully saturated rings. The number of carboxylic acid groups (broad SMARTS) is 1. The van der Waals surface area contributed by atoms with E-state index in [-0.39, 0.29) is 23.4 Å². The number of aliphatic carboxylic acids is 1. The van der Waals surface area contributed by atoms with Gasteiger partial charge in [-0.25, -0.2) is 4.98 Å². The number of hydrogen-bond donors (Lipinski definition) is 3. The summed E-state index contributed by atoms with van der Waals surface area (Å²) in [6, 6.07) is 1.10. The number of aromatic nitrogens is 2. The van der Waals surface area contributed by atoms with Crippen molar-refractivity contribution in [3.8, 4) is 0 Å². The van der Waals surface area contributed by atoms with E-state index in [0.29, 0.717) is 24.5 Å². The van der Waals surface area contributed by atoms with Crippen molar-refractivity contribution in [3.63, 3.8) is 0 Å². The third-order valence-corrected chi connectivity index (χ3v) is 2.76. The average Bonchev–Trinajstić information content (AvgIpc) is 2.24. The van der Waals surface area contributed by atoms with Crippen LogP contribution < -0.4 is 10.9 Å². The van der Waals surface area contributed by atoms with Gasteiger partial charge >= 0.3 is 5.97 Å². The van der Waals surface area contributed by atoms with Crippen molar-refractivity contribution in [2.75, 3.05) is 5.32 Å². The summed E-state index contributed by atoms with van der Waals surface area (Å²) in [6.45, 7) is 8.04. The largest absolute Gasteiger partial charge is 0.481 e. The summed E-state index contributed by atoms with van der Waals surface area (Å²) in [6.07, 6.45) is 1.29. The molecule has 0 aliphatic heterocycles. The Hall–Kier alpha value is -1.85. The van der Waals surface area contributed by atoms with E-state index in [1.165, 1.54) is 6.07 Å². The Bertz CT molecular complexity index is 517. The van der Waals surface area contributed by atoms with Crippen LogP contribution in [0.1, 0.15) is 46.4 Å². The molecule has 0 amide bonds. The van der Waals surface area contributed by atoms with Gasteiger partial charge in [0, 0.05) is 18.5 Å². The Kier molecular flexibility index (Phi) is 5.30. The van der Waals surface area contributed by atoms with E-state index in [1.807, 2.05) is 27.7 Å². The van der Waals surface area contributed by atoms with Crippen LogP contribution in [0.25, 0.3) is 0 Å². The molecule has 112 valence electrons. The summed E-state index contributed by atoms with van der Waals surface area (Å²) in [5.74, 6) is 0.151. The van der Waals surface area contributed by atoms with E-state index < -0.39 is 5.97 Å². The monoisotopic (exact) mass is 281 g/mol. The first-order chi connectivity index (χ1) is 9.19. The molecule has 1 heterocycles. The Morgan fingerprint density at radius 3 is 2.65 bits per heavy atom. The predicted molar refractivity (Wildman–Crippen MR) is 78.0 cm³/mol. The molecular weight excluding hydrogens is 258 g/mol. The van der Waals surface area contributed by atoms with Crippen LogP contribution in [0, 0.1) is 5.41 Å². The van der Waals surface area contributed by atoms with Gasteiger partial charge in [-0.05, 0) is 11.8 Å². The minimum atomic E-state index is -0.868. The normalized spacial score (nSPS) is 13.0. The van der Waals surface area contributed by atoms with Crippen LogP contribution in [-0.2, 0) is 11.2 Å². The van der Waals surface area contributed by atoms with E-state index in [1.54, 1.807) is 0 Å². The first-order valence-corrected chi connectivity index (χ1v) is 6.78. The van der Waals surface area contributed by atoms with Gasteiger partial charge in [-0.15, -0.1) is 0 Å². The molecule has 0 aliphatic carbocycles. The second kappa shape index (κ2) is 6.54. The summed E-state index contributed by atoms with van der Waals surface area (Å²) in [7, 11) is 0. The van der Waals surface area contributed by atoms with Gasteiger partial charge in [-0.3, -0.25) is 9.59 Å². The molecule has 0 spiro atoms. The van der Waals surface area contributed by atoms with Gasteiger partial charge in [0.2, 0.25) is 0 Å². The molecule has 3 N–H and O–H groups in total.